The number of likely N-dealkylation sites (N-methyl/N-ethyl adjacent to an activating group) is 1. The Balaban J connectivity index is 3.26. The number of ketones is 1. The minimum absolute atomic E-state index is 0.273. The second-order valence-electron chi connectivity index (χ2n) is 5.54. The molecule has 0 N–H and O–H groups in total. The Morgan fingerprint density at radius 1 is 1.00 bits per heavy atom. The lowest BCUT2D eigenvalue weighted by molar-refractivity contribution is 0.0535. The summed E-state index contributed by atoms with van der Waals surface area (Å²) in [5.74, 6) is 0.273. The summed E-state index contributed by atoms with van der Waals surface area (Å²) in [6, 6.07) is 6.08. The molecule has 2 heteroatoms. The number of hydrogen-bond acceptors (Lipinski definition) is 2. The van der Waals surface area contributed by atoms with Gasteiger partial charge in [0.2, 0.25) is 0 Å². The summed E-state index contributed by atoms with van der Waals surface area (Å²) in [4.78, 5) is 15.4. The third-order valence-corrected chi connectivity index (χ3v) is 4.73. The van der Waals surface area contributed by atoms with Gasteiger partial charge in [-0.25, -0.2) is 0 Å². The molecule has 2 nitrogen and oxygen atoms in total. The number of benzene rings is 1. The van der Waals surface area contributed by atoms with Gasteiger partial charge in [-0.2, -0.15) is 0 Å². The maximum absolute atomic E-state index is 13.1. The maximum atomic E-state index is 13.1. The first kappa shape index (κ1) is 16.9. The topological polar surface area (TPSA) is 20.3 Å². The van der Waals surface area contributed by atoms with Crippen molar-refractivity contribution in [1.82, 2.24) is 4.90 Å². The summed E-state index contributed by atoms with van der Waals surface area (Å²) in [7, 11) is 0. The Morgan fingerprint density at radius 2 is 1.55 bits per heavy atom. The minimum Gasteiger partial charge on any atom is -0.292 e. The summed E-state index contributed by atoms with van der Waals surface area (Å²) < 4.78 is 0. The molecule has 1 aromatic carbocycles. The van der Waals surface area contributed by atoms with E-state index in [4.69, 9.17) is 0 Å². The van der Waals surface area contributed by atoms with Gasteiger partial charge in [-0.05, 0) is 57.0 Å². The summed E-state index contributed by atoms with van der Waals surface area (Å²) in [6.45, 7) is 14.5. The van der Waals surface area contributed by atoms with E-state index >= 15 is 0 Å². The number of aryl methyl sites for hydroxylation is 2. The molecule has 112 valence electrons. The second kappa shape index (κ2) is 7.03. The SMILES string of the molecule is CCN(CC)C(CC)(CC)C(=O)c1ccc(C)c(C)c1. The first-order valence-electron chi connectivity index (χ1n) is 7.83. The van der Waals surface area contributed by atoms with Crippen LogP contribution in [0.4, 0.5) is 0 Å². The number of hydrogen-bond donors (Lipinski definition) is 0. The Hall–Kier alpha value is -1.15. The van der Waals surface area contributed by atoms with Gasteiger partial charge in [-0.15, -0.1) is 0 Å². The predicted molar refractivity (Wildman–Crippen MR) is 86.5 cm³/mol. The van der Waals surface area contributed by atoms with Crippen molar-refractivity contribution in [3.63, 3.8) is 0 Å². The number of carbonyl (C=O) groups is 1. The standard InChI is InChI=1S/C18H29NO/c1-7-18(8-2,19(9-3)10-4)17(20)16-12-11-14(5)15(6)13-16/h11-13H,7-10H2,1-6H3. The van der Waals surface area contributed by atoms with Crippen LogP contribution in [0.3, 0.4) is 0 Å². The molecule has 0 aliphatic carbocycles. The van der Waals surface area contributed by atoms with Gasteiger partial charge >= 0.3 is 0 Å². The van der Waals surface area contributed by atoms with Crippen LogP contribution in [0.2, 0.25) is 0 Å². The molecule has 0 bridgehead atoms. The number of rotatable bonds is 7. The molecule has 0 unspecified atom stereocenters. The molecule has 1 aromatic rings. The zero-order valence-electron chi connectivity index (χ0n) is 13.9. The first-order valence-corrected chi connectivity index (χ1v) is 7.83. The minimum atomic E-state index is -0.356. The monoisotopic (exact) mass is 275 g/mol. The van der Waals surface area contributed by atoms with E-state index in [-0.39, 0.29) is 11.3 Å². The fourth-order valence-corrected chi connectivity index (χ4v) is 3.14. The molecule has 0 aliphatic rings. The van der Waals surface area contributed by atoms with Crippen molar-refractivity contribution in [2.24, 2.45) is 0 Å². The molecular weight excluding hydrogens is 246 g/mol. The molecule has 0 aliphatic heterocycles. The van der Waals surface area contributed by atoms with E-state index in [0.29, 0.717) is 0 Å². The van der Waals surface area contributed by atoms with Crippen LogP contribution >= 0.6 is 0 Å². The lowest BCUT2D eigenvalue weighted by Crippen LogP contribution is -2.53. The quantitative estimate of drug-likeness (QED) is 0.688. The molecule has 0 atom stereocenters. The van der Waals surface area contributed by atoms with E-state index in [1.165, 1.54) is 11.1 Å². The summed E-state index contributed by atoms with van der Waals surface area (Å²) in [6.07, 6.45) is 1.72. The van der Waals surface area contributed by atoms with E-state index in [1.54, 1.807) is 0 Å². The third kappa shape index (κ3) is 2.95. The molecule has 0 heterocycles. The first-order chi connectivity index (χ1) is 9.46. The van der Waals surface area contributed by atoms with Gasteiger partial charge in [-0.3, -0.25) is 9.69 Å². The average Bonchev–Trinajstić information content (AvgIpc) is 2.47. The predicted octanol–water partition coefficient (Wildman–Crippen LogP) is 4.39. The summed E-state index contributed by atoms with van der Waals surface area (Å²) in [5, 5.41) is 0. The highest BCUT2D eigenvalue weighted by Gasteiger charge is 2.39. The molecule has 0 fully saturated rings. The van der Waals surface area contributed by atoms with Gasteiger partial charge in [0.05, 0.1) is 5.54 Å². The van der Waals surface area contributed by atoms with E-state index in [0.717, 1.165) is 31.5 Å². The van der Waals surface area contributed by atoms with Crippen molar-refractivity contribution in [3.05, 3.63) is 34.9 Å². The Bertz CT molecular complexity index is 456. The van der Waals surface area contributed by atoms with Crippen LogP contribution in [-0.4, -0.2) is 29.3 Å². The molecule has 0 amide bonds. The van der Waals surface area contributed by atoms with Crippen molar-refractivity contribution in [2.75, 3.05) is 13.1 Å². The Labute approximate surface area is 124 Å². The Morgan fingerprint density at radius 3 is 1.95 bits per heavy atom. The van der Waals surface area contributed by atoms with E-state index < -0.39 is 0 Å². The fraction of sp³-hybridized carbons (Fsp3) is 0.611. The number of carbonyl (C=O) groups excluding carboxylic acids is 1. The van der Waals surface area contributed by atoms with Crippen LogP contribution in [0.1, 0.15) is 62.0 Å². The molecule has 0 spiro atoms. The third-order valence-electron chi connectivity index (χ3n) is 4.73. The number of nitrogens with zero attached hydrogens (tertiary/aromatic N) is 1. The number of Topliss-reactive ketones (excluding diaryl/α,β-unsaturated/α-hetero) is 1. The molecular formula is C18H29NO. The highest BCUT2D eigenvalue weighted by atomic mass is 16.1. The molecule has 0 saturated heterocycles. The van der Waals surface area contributed by atoms with Crippen molar-refractivity contribution in [3.8, 4) is 0 Å². The normalized spacial score (nSPS) is 11.9. The molecule has 0 radical (unpaired) electrons. The van der Waals surface area contributed by atoms with Crippen molar-refractivity contribution >= 4 is 5.78 Å². The van der Waals surface area contributed by atoms with Gasteiger partial charge in [-0.1, -0.05) is 39.8 Å². The zero-order valence-corrected chi connectivity index (χ0v) is 13.9. The highest BCUT2D eigenvalue weighted by Crippen LogP contribution is 2.29. The van der Waals surface area contributed by atoms with Crippen molar-refractivity contribution < 1.29 is 4.79 Å². The maximum Gasteiger partial charge on any atom is 0.183 e. The van der Waals surface area contributed by atoms with Gasteiger partial charge in [0.1, 0.15) is 0 Å². The Kier molecular flexibility index (Phi) is 5.94. The van der Waals surface area contributed by atoms with Gasteiger partial charge in [0, 0.05) is 5.56 Å². The zero-order chi connectivity index (χ0) is 15.3. The van der Waals surface area contributed by atoms with Crippen LogP contribution in [-0.2, 0) is 0 Å². The molecule has 0 saturated carbocycles. The van der Waals surface area contributed by atoms with E-state index in [1.807, 2.05) is 12.1 Å². The van der Waals surface area contributed by atoms with E-state index in [9.17, 15) is 4.79 Å². The second-order valence-corrected chi connectivity index (χ2v) is 5.54. The van der Waals surface area contributed by atoms with Gasteiger partial charge in [0.25, 0.3) is 0 Å². The van der Waals surface area contributed by atoms with E-state index in [2.05, 4.69) is 52.5 Å². The largest absolute Gasteiger partial charge is 0.292 e. The fourth-order valence-electron chi connectivity index (χ4n) is 3.14. The summed E-state index contributed by atoms with van der Waals surface area (Å²) >= 11 is 0. The highest BCUT2D eigenvalue weighted by molar-refractivity contribution is 6.03. The van der Waals surface area contributed by atoms with Gasteiger partial charge in [0.15, 0.2) is 5.78 Å². The molecule has 1 rings (SSSR count). The average molecular weight is 275 g/mol. The smallest absolute Gasteiger partial charge is 0.183 e. The van der Waals surface area contributed by atoms with Crippen molar-refractivity contribution in [1.29, 1.82) is 0 Å². The van der Waals surface area contributed by atoms with Crippen LogP contribution in [0.15, 0.2) is 18.2 Å². The summed E-state index contributed by atoms with van der Waals surface area (Å²) in [5.41, 5.74) is 2.92. The van der Waals surface area contributed by atoms with Crippen LogP contribution < -0.4 is 0 Å². The van der Waals surface area contributed by atoms with Gasteiger partial charge < -0.3 is 0 Å². The van der Waals surface area contributed by atoms with Crippen molar-refractivity contribution in [2.45, 2.75) is 59.9 Å². The lowest BCUT2D eigenvalue weighted by atomic mass is 9.82. The molecule has 20 heavy (non-hydrogen) atoms. The molecule has 0 aromatic heterocycles. The van der Waals surface area contributed by atoms with Crippen LogP contribution in [0, 0.1) is 13.8 Å². The lowest BCUT2D eigenvalue weighted by Gasteiger charge is -2.41. The van der Waals surface area contributed by atoms with Crippen LogP contribution in [0.25, 0.3) is 0 Å². The van der Waals surface area contributed by atoms with Crippen LogP contribution in [0.5, 0.6) is 0 Å².